The van der Waals surface area contributed by atoms with E-state index in [2.05, 4.69) is 10.5 Å². The molecule has 0 saturated carbocycles. The SMILES string of the molecule is CNC(=O)C(N=O)c1ccccc1Cl. The number of nitroso groups, excluding NO2 is 1. The molecule has 74 valence electrons. The Bertz CT molecular complexity index is 354. The highest BCUT2D eigenvalue weighted by molar-refractivity contribution is 6.31. The zero-order valence-corrected chi connectivity index (χ0v) is 8.28. The maximum atomic E-state index is 11.2. The largest absolute Gasteiger partial charge is 0.357 e. The number of carbonyl (C=O) groups is 1. The fourth-order valence-corrected chi connectivity index (χ4v) is 1.32. The Morgan fingerprint density at radius 1 is 1.50 bits per heavy atom. The van der Waals surface area contributed by atoms with E-state index in [-0.39, 0.29) is 0 Å². The first-order valence-electron chi connectivity index (χ1n) is 3.99. The lowest BCUT2D eigenvalue weighted by Crippen LogP contribution is -2.24. The minimum Gasteiger partial charge on any atom is -0.357 e. The summed E-state index contributed by atoms with van der Waals surface area (Å²) < 4.78 is 0. The molecule has 0 bridgehead atoms. The number of hydrogen-bond donors (Lipinski definition) is 1. The smallest absolute Gasteiger partial charge is 0.252 e. The van der Waals surface area contributed by atoms with Gasteiger partial charge in [-0.1, -0.05) is 35.0 Å². The van der Waals surface area contributed by atoms with Gasteiger partial charge >= 0.3 is 0 Å². The summed E-state index contributed by atoms with van der Waals surface area (Å²) in [5, 5.41) is 5.46. The molecule has 0 aliphatic heterocycles. The maximum Gasteiger partial charge on any atom is 0.252 e. The van der Waals surface area contributed by atoms with E-state index in [4.69, 9.17) is 11.6 Å². The third-order valence-electron chi connectivity index (χ3n) is 1.80. The van der Waals surface area contributed by atoms with Gasteiger partial charge in [0.1, 0.15) is 0 Å². The number of likely N-dealkylation sites (N-methyl/N-ethyl adjacent to an activating group) is 1. The molecule has 1 rings (SSSR count). The molecule has 1 N–H and O–H groups in total. The van der Waals surface area contributed by atoms with Crippen molar-refractivity contribution in [3.8, 4) is 0 Å². The van der Waals surface area contributed by atoms with Crippen LogP contribution in [0.15, 0.2) is 29.4 Å². The second kappa shape index (κ2) is 4.72. The zero-order chi connectivity index (χ0) is 10.6. The fourth-order valence-electron chi connectivity index (χ4n) is 1.08. The van der Waals surface area contributed by atoms with E-state index in [0.717, 1.165) is 0 Å². The van der Waals surface area contributed by atoms with Crippen molar-refractivity contribution >= 4 is 17.5 Å². The number of carbonyl (C=O) groups excluding carboxylic acids is 1. The van der Waals surface area contributed by atoms with E-state index in [1.165, 1.54) is 7.05 Å². The van der Waals surface area contributed by atoms with Crippen LogP contribution in [0, 0.1) is 4.91 Å². The van der Waals surface area contributed by atoms with Crippen molar-refractivity contribution in [1.82, 2.24) is 5.32 Å². The van der Waals surface area contributed by atoms with Gasteiger partial charge in [0.05, 0.1) is 0 Å². The summed E-state index contributed by atoms with van der Waals surface area (Å²) in [6.45, 7) is 0. The van der Waals surface area contributed by atoms with E-state index >= 15 is 0 Å². The molecule has 0 saturated heterocycles. The summed E-state index contributed by atoms with van der Waals surface area (Å²) in [6, 6.07) is 5.55. The van der Waals surface area contributed by atoms with Gasteiger partial charge in [0, 0.05) is 17.6 Å². The highest BCUT2D eigenvalue weighted by atomic mass is 35.5. The predicted octanol–water partition coefficient (Wildman–Crippen LogP) is 1.89. The van der Waals surface area contributed by atoms with Gasteiger partial charge < -0.3 is 5.32 Å². The summed E-state index contributed by atoms with van der Waals surface area (Å²) in [5.41, 5.74) is 0.420. The van der Waals surface area contributed by atoms with E-state index in [1.54, 1.807) is 24.3 Å². The number of rotatable bonds is 3. The van der Waals surface area contributed by atoms with Crippen LogP contribution in [0.4, 0.5) is 0 Å². The van der Waals surface area contributed by atoms with E-state index in [1.807, 2.05) is 0 Å². The molecule has 1 aromatic rings. The molecule has 1 aromatic carbocycles. The van der Waals surface area contributed by atoms with Gasteiger partial charge in [-0.2, -0.15) is 0 Å². The minimum absolute atomic E-state index is 0.362. The predicted molar refractivity (Wildman–Crippen MR) is 54.1 cm³/mol. The van der Waals surface area contributed by atoms with E-state index in [0.29, 0.717) is 10.6 Å². The lowest BCUT2D eigenvalue weighted by Gasteiger charge is -2.08. The molecule has 0 aromatic heterocycles. The minimum atomic E-state index is -1.08. The Hall–Kier alpha value is -1.42. The highest BCUT2D eigenvalue weighted by Gasteiger charge is 2.22. The average molecular weight is 213 g/mol. The summed E-state index contributed by atoms with van der Waals surface area (Å²) >= 11 is 5.82. The molecule has 5 heteroatoms. The molecular weight excluding hydrogens is 204 g/mol. The van der Waals surface area contributed by atoms with Crippen LogP contribution in [0.3, 0.4) is 0 Å². The molecule has 1 atom stereocenters. The van der Waals surface area contributed by atoms with Gasteiger partial charge in [-0.25, -0.2) is 0 Å². The third kappa shape index (κ3) is 2.09. The fraction of sp³-hybridized carbons (Fsp3) is 0.222. The maximum absolute atomic E-state index is 11.2. The second-order valence-corrected chi connectivity index (χ2v) is 3.05. The average Bonchev–Trinajstić information content (AvgIpc) is 2.21. The van der Waals surface area contributed by atoms with Gasteiger partial charge in [-0.15, -0.1) is 4.91 Å². The first kappa shape index (κ1) is 10.7. The Kier molecular flexibility index (Phi) is 3.59. The van der Waals surface area contributed by atoms with Crippen molar-refractivity contribution < 1.29 is 4.79 Å². The number of benzene rings is 1. The lowest BCUT2D eigenvalue weighted by molar-refractivity contribution is -0.121. The highest BCUT2D eigenvalue weighted by Crippen LogP contribution is 2.25. The van der Waals surface area contributed by atoms with Gasteiger partial charge in [-0.05, 0) is 6.07 Å². The molecule has 0 spiro atoms. The van der Waals surface area contributed by atoms with Crippen molar-refractivity contribution in [3.05, 3.63) is 39.8 Å². The molecule has 0 fully saturated rings. The standard InChI is InChI=1S/C9H9ClN2O2/c1-11-9(13)8(12-14)6-4-2-3-5-7(6)10/h2-5,8H,1H3,(H,11,13). The molecule has 0 aliphatic carbocycles. The Morgan fingerprint density at radius 2 is 2.14 bits per heavy atom. The summed E-state index contributed by atoms with van der Waals surface area (Å²) in [5.74, 6) is -0.465. The molecule has 4 nitrogen and oxygen atoms in total. The van der Waals surface area contributed by atoms with Crippen LogP contribution in [0.1, 0.15) is 11.6 Å². The number of amides is 1. The van der Waals surface area contributed by atoms with Gasteiger partial charge in [0.15, 0.2) is 6.04 Å². The first-order chi connectivity index (χ1) is 6.70. The number of hydrogen-bond acceptors (Lipinski definition) is 3. The van der Waals surface area contributed by atoms with Crippen LogP contribution in [0.2, 0.25) is 5.02 Å². The lowest BCUT2D eigenvalue weighted by atomic mass is 10.1. The van der Waals surface area contributed by atoms with Crippen LogP contribution in [0.25, 0.3) is 0 Å². The molecule has 0 aliphatic rings. The summed E-state index contributed by atoms with van der Waals surface area (Å²) in [4.78, 5) is 21.7. The number of halogens is 1. The van der Waals surface area contributed by atoms with Crippen molar-refractivity contribution in [2.75, 3.05) is 7.05 Å². The molecule has 1 amide bonds. The Balaban J connectivity index is 3.07. The molecule has 0 heterocycles. The van der Waals surface area contributed by atoms with Crippen LogP contribution < -0.4 is 5.32 Å². The van der Waals surface area contributed by atoms with Crippen LogP contribution in [-0.2, 0) is 4.79 Å². The topological polar surface area (TPSA) is 58.5 Å². The third-order valence-corrected chi connectivity index (χ3v) is 2.14. The summed E-state index contributed by atoms with van der Waals surface area (Å²) in [7, 11) is 1.44. The van der Waals surface area contributed by atoms with Crippen LogP contribution in [0.5, 0.6) is 0 Å². The van der Waals surface area contributed by atoms with Crippen molar-refractivity contribution in [2.24, 2.45) is 5.18 Å². The van der Waals surface area contributed by atoms with Crippen molar-refractivity contribution in [3.63, 3.8) is 0 Å². The van der Waals surface area contributed by atoms with Crippen LogP contribution >= 0.6 is 11.6 Å². The molecule has 14 heavy (non-hydrogen) atoms. The molecule has 1 unspecified atom stereocenters. The Labute approximate surface area is 86.2 Å². The molecular formula is C9H9ClN2O2. The van der Waals surface area contributed by atoms with Crippen molar-refractivity contribution in [2.45, 2.75) is 6.04 Å². The summed E-state index contributed by atoms with van der Waals surface area (Å²) in [6.07, 6.45) is 0. The monoisotopic (exact) mass is 212 g/mol. The van der Waals surface area contributed by atoms with Gasteiger partial charge in [0.25, 0.3) is 5.91 Å². The van der Waals surface area contributed by atoms with E-state index in [9.17, 15) is 9.70 Å². The van der Waals surface area contributed by atoms with E-state index < -0.39 is 11.9 Å². The van der Waals surface area contributed by atoms with Crippen LogP contribution in [-0.4, -0.2) is 13.0 Å². The second-order valence-electron chi connectivity index (χ2n) is 2.64. The zero-order valence-electron chi connectivity index (χ0n) is 7.53. The number of nitrogens with zero attached hydrogens (tertiary/aromatic N) is 1. The van der Waals surface area contributed by atoms with Gasteiger partial charge in [-0.3, -0.25) is 4.79 Å². The first-order valence-corrected chi connectivity index (χ1v) is 4.37. The normalized spacial score (nSPS) is 11.9. The number of nitrogens with one attached hydrogen (secondary N) is 1. The Morgan fingerprint density at radius 3 is 2.64 bits per heavy atom. The van der Waals surface area contributed by atoms with Crippen molar-refractivity contribution in [1.29, 1.82) is 0 Å². The quantitative estimate of drug-likeness (QED) is 0.778. The molecule has 0 radical (unpaired) electrons. The van der Waals surface area contributed by atoms with Gasteiger partial charge in [0.2, 0.25) is 0 Å².